The molecule has 14 heavy (non-hydrogen) atoms. The lowest BCUT2D eigenvalue weighted by Crippen LogP contribution is -2.09. The van der Waals surface area contributed by atoms with Gasteiger partial charge in [0.05, 0.1) is 0 Å². The van der Waals surface area contributed by atoms with E-state index in [9.17, 15) is 0 Å². The molecule has 0 radical (unpaired) electrons. The summed E-state index contributed by atoms with van der Waals surface area (Å²) in [6, 6.07) is 3.94. The quantitative estimate of drug-likeness (QED) is 0.546. The second kappa shape index (κ2) is 4.11. The standard InChI is InChI=1S/C12H14N2/c1-8-4-5-12(10(3)9(8)2)11(6-13)7-14/h8H,4-5H2,1-3H3. The second-order valence-electron chi connectivity index (χ2n) is 3.82. The number of nitriles is 2. The maximum absolute atomic E-state index is 8.80. The zero-order valence-corrected chi connectivity index (χ0v) is 8.89. The molecule has 1 atom stereocenters. The van der Waals surface area contributed by atoms with Gasteiger partial charge in [-0.25, -0.2) is 0 Å². The van der Waals surface area contributed by atoms with Crippen LogP contribution >= 0.6 is 0 Å². The third-order valence-electron chi connectivity index (χ3n) is 3.14. The molecule has 0 amide bonds. The van der Waals surface area contributed by atoms with Gasteiger partial charge in [0.2, 0.25) is 0 Å². The maximum atomic E-state index is 8.80. The van der Waals surface area contributed by atoms with Gasteiger partial charge in [-0.3, -0.25) is 0 Å². The van der Waals surface area contributed by atoms with Crippen molar-refractivity contribution in [2.45, 2.75) is 33.6 Å². The van der Waals surface area contributed by atoms with Crippen molar-refractivity contribution in [2.24, 2.45) is 5.92 Å². The van der Waals surface area contributed by atoms with Gasteiger partial charge in [0.25, 0.3) is 0 Å². The van der Waals surface area contributed by atoms with Crippen molar-refractivity contribution in [3.05, 3.63) is 22.3 Å². The first-order valence-corrected chi connectivity index (χ1v) is 4.83. The summed E-state index contributed by atoms with van der Waals surface area (Å²) in [6.07, 6.45) is 1.91. The predicted molar refractivity (Wildman–Crippen MR) is 55.0 cm³/mol. The first-order valence-electron chi connectivity index (χ1n) is 4.83. The van der Waals surface area contributed by atoms with E-state index in [1.54, 1.807) is 0 Å². The Hall–Kier alpha value is -1.54. The molecule has 0 aromatic heterocycles. The minimum Gasteiger partial charge on any atom is -0.192 e. The fourth-order valence-electron chi connectivity index (χ4n) is 1.84. The summed E-state index contributed by atoms with van der Waals surface area (Å²) in [5.41, 5.74) is 3.69. The van der Waals surface area contributed by atoms with E-state index in [2.05, 4.69) is 13.8 Å². The molecule has 1 rings (SSSR count). The van der Waals surface area contributed by atoms with Crippen molar-refractivity contribution in [3.63, 3.8) is 0 Å². The molecule has 0 bridgehead atoms. The fraction of sp³-hybridized carbons (Fsp3) is 0.500. The molecule has 0 aromatic carbocycles. The summed E-state index contributed by atoms with van der Waals surface area (Å²) in [6.45, 7) is 6.29. The summed E-state index contributed by atoms with van der Waals surface area (Å²) < 4.78 is 0. The Morgan fingerprint density at radius 2 is 1.86 bits per heavy atom. The van der Waals surface area contributed by atoms with Gasteiger partial charge in [-0.15, -0.1) is 0 Å². The molecule has 0 N–H and O–H groups in total. The molecule has 0 saturated heterocycles. The lowest BCUT2D eigenvalue weighted by molar-refractivity contribution is 0.582. The number of hydrogen-bond donors (Lipinski definition) is 0. The van der Waals surface area contributed by atoms with Gasteiger partial charge in [0.15, 0.2) is 0 Å². The van der Waals surface area contributed by atoms with Gasteiger partial charge >= 0.3 is 0 Å². The van der Waals surface area contributed by atoms with Crippen molar-refractivity contribution >= 4 is 0 Å². The van der Waals surface area contributed by atoms with Crippen LogP contribution in [0.5, 0.6) is 0 Å². The Bertz CT molecular complexity index is 370. The molecule has 0 aliphatic heterocycles. The average Bonchev–Trinajstić information content (AvgIpc) is 2.19. The molecule has 2 heteroatoms. The van der Waals surface area contributed by atoms with E-state index in [4.69, 9.17) is 10.5 Å². The Labute approximate surface area is 85.2 Å². The van der Waals surface area contributed by atoms with Gasteiger partial charge in [-0.2, -0.15) is 10.5 Å². The summed E-state index contributed by atoms with van der Waals surface area (Å²) in [4.78, 5) is 0. The smallest absolute Gasteiger partial charge is 0.133 e. The van der Waals surface area contributed by atoms with Crippen molar-refractivity contribution in [1.82, 2.24) is 0 Å². The van der Waals surface area contributed by atoms with Crippen LogP contribution < -0.4 is 0 Å². The second-order valence-corrected chi connectivity index (χ2v) is 3.82. The van der Waals surface area contributed by atoms with Crippen LogP contribution in [-0.4, -0.2) is 0 Å². The molecule has 2 nitrogen and oxygen atoms in total. The number of nitrogens with zero attached hydrogens (tertiary/aromatic N) is 2. The summed E-state index contributed by atoms with van der Waals surface area (Å²) in [5, 5.41) is 17.6. The Balaban J connectivity index is 3.26. The van der Waals surface area contributed by atoms with Crippen LogP contribution in [0, 0.1) is 28.6 Å². The van der Waals surface area contributed by atoms with Crippen LogP contribution in [0.25, 0.3) is 0 Å². The van der Waals surface area contributed by atoms with Gasteiger partial charge in [-0.1, -0.05) is 12.5 Å². The number of rotatable bonds is 0. The average molecular weight is 186 g/mol. The highest BCUT2D eigenvalue weighted by Gasteiger charge is 2.19. The largest absolute Gasteiger partial charge is 0.192 e. The Kier molecular flexibility index (Phi) is 3.10. The first-order chi connectivity index (χ1) is 6.61. The molecule has 1 aliphatic rings. The van der Waals surface area contributed by atoms with Gasteiger partial charge < -0.3 is 0 Å². The van der Waals surface area contributed by atoms with Crippen LogP contribution in [0.4, 0.5) is 0 Å². The lowest BCUT2D eigenvalue weighted by atomic mass is 9.80. The van der Waals surface area contributed by atoms with E-state index in [-0.39, 0.29) is 5.57 Å². The van der Waals surface area contributed by atoms with Crippen molar-refractivity contribution in [1.29, 1.82) is 10.5 Å². The third-order valence-corrected chi connectivity index (χ3v) is 3.14. The van der Waals surface area contributed by atoms with E-state index in [0.29, 0.717) is 5.92 Å². The van der Waals surface area contributed by atoms with E-state index >= 15 is 0 Å². The third kappa shape index (κ3) is 1.70. The summed E-state index contributed by atoms with van der Waals surface area (Å²) in [5.74, 6) is 0.581. The molecular weight excluding hydrogens is 172 g/mol. The number of allylic oxidation sites excluding steroid dienone is 4. The van der Waals surface area contributed by atoms with Crippen molar-refractivity contribution in [3.8, 4) is 12.1 Å². The van der Waals surface area contributed by atoms with Crippen LogP contribution in [0.2, 0.25) is 0 Å². The highest BCUT2D eigenvalue weighted by Crippen LogP contribution is 2.34. The molecule has 72 valence electrons. The first kappa shape index (κ1) is 10.5. The van der Waals surface area contributed by atoms with E-state index in [1.165, 1.54) is 5.57 Å². The maximum Gasteiger partial charge on any atom is 0.133 e. The van der Waals surface area contributed by atoms with Crippen LogP contribution in [0.1, 0.15) is 33.6 Å². The van der Waals surface area contributed by atoms with Crippen LogP contribution in [-0.2, 0) is 0 Å². The molecule has 1 unspecified atom stereocenters. The summed E-state index contributed by atoms with van der Waals surface area (Å²) >= 11 is 0. The molecule has 0 aromatic rings. The zero-order chi connectivity index (χ0) is 10.7. The minimum atomic E-state index is 0.286. The van der Waals surface area contributed by atoms with E-state index in [1.807, 2.05) is 19.1 Å². The zero-order valence-electron chi connectivity index (χ0n) is 8.89. The van der Waals surface area contributed by atoms with Crippen LogP contribution in [0.3, 0.4) is 0 Å². The van der Waals surface area contributed by atoms with Gasteiger partial charge in [0, 0.05) is 0 Å². The minimum absolute atomic E-state index is 0.286. The van der Waals surface area contributed by atoms with E-state index < -0.39 is 0 Å². The lowest BCUT2D eigenvalue weighted by Gasteiger charge is -2.24. The highest BCUT2D eigenvalue weighted by molar-refractivity contribution is 5.50. The highest BCUT2D eigenvalue weighted by atomic mass is 14.3. The Morgan fingerprint density at radius 3 is 2.36 bits per heavy atom. The molecule has 0 spiro atoms. The van der Waals surface area contributed by atoms with Gasteiger partial charge in [0.1, 0.15) is 17.7 Å². The SMILES string of the molecule is CC1=C(C)C(C)CCC1=C(C#N)C#N. The summed E-state index contributed by atoms with van der Waals surface area (Å²) in [7, 11) is 0. The molecule has 0 heterocycles. The number of hydrogen-bond acceptors (Lipinski definition) is 2. The fourth-order valence-corrected chi connectivity index (χ4v) is 1.84. The topological polar surface area (TPSA) is 47.6 Å². The monoisotopic (exact) mass is 186 g/mol. The van der Waals surface area contributed by atoms with Crippen LogP contribution in [0.15, 0.2) is 22.3 Å². The predicted octanol–water partition coefficient (Wildman–Crippen LogP) is 3.10. The Morgan fingerprint density at radius 1 is 1.29 bits per heavy atom. The molecule has 0 saturated carbocycles. The molecule has 1 aliphatic carbocycles. The van der Waals surface area contributed by atoms with Crippen molar-refractivity contribution < 1.29 is 0 Å². The van der Waals surface area contributed by atoms with Crippen molar-refractivity contribution in [2.75, 3.05) is 0 Å². The molecule has 0 fully saturated rings. The molecular formula is C12H14N2. The van der Waals surface area contributed by atoms with E-state index in [0.717, 1.165) is 24.0 Å². The normalized spacial score (nSPS) is 21.5. The van der Waals surface area contributed by atoms with Gasteiger partial charge in [-0.05, 0) is 43.8 Å².